The van der Waals surface area contributed by atoms with E-state index < -0.39 is 0 Å². The Balaban J connectivity index is 2.01. The molecule has 0 spiro atoms. The van der Waals surface area contributed by atoms with Crippen molar-refractivity contribution in [3.05, 3.63) is 42.2 Å². The van der Waals surface area contributed by atoms with Crippen LogP contribution in [0.1, 0.15) is 45.0 Å². The highest BCUT2D eigenvalue weighted by Gasteiger charge is 2.23. The molecule has 1 saturated heterocycles. The second-order valence-corrected chi connectivity index (χ2v) is 6.27. The molecular formula is C18H25N3. The van der Waals surface area contributed by atoms with E-state index in [0.29, 0.717) is 6.04 Å². The van der Waals surface area contributed by atoms with Crippen molar-refractivity contribution in [1.82, 2.24) is 14.5 Å². The van der Waals surface area contributed by atoms with Gasteiger partial charge >= 0.3 is 0 Å². The van der Waals surface area contributed by atoms with E-state index in [0.717, 1.165) is 12.1 Å². The van der Waals surface area contributed by atoms with Crippen LogP contribution in [-0.4, -0.2) is 27.5 Å². The minimum absolute atomic E-state index is 0.372. The third kappa shape index (κ3) is 2.88. The largest absolute Gasteiger partial charge is 0.323 e. The summed E-state index contributed by atoms with van der Waals surface area (Å²) in [6.45, 7) is 11.7. The molecule has 1 aliphatic heterocycles. The standard InChI is InChI=1S/C18H25N3/c1-14(2)13-21-17-10-6-5-9-16(17)19-18(21)15(3)20-11-7-4-8-12-20/h5-6,9-10,15H,1,4,7-8,11-13H2,2-3H3/t15-/m0/s1. The molecule has 1 aromatic carbocycles. The molecule has 21 heavy (non-hydrogen) atoms. The second kappa shape index (κ2) is 6.02. The summed E-state index contributed by atoms with van der Waals surface area (Å²) in [5, 5.41) is 0. The van der Waals surface area contributed by atoms with Gasteiger partial charge in [0.25, 0.3) is 0 Å². The molecule has 1 atom stereocenters. The molecule has 2 heterocycles. The number of likely N-dealkylation sites (tertiary alicyclic amines) is 1. The fourth-order valence-corrected chi connectivity index (χ4v) is 3.32. The maximum atomic E-state index is 4.92. The number of piperidine rings is 1. The fourth-order valence-electron chi connectivity index (χ4n) is 3.32. The molecule has 1 fully saturated rings. The Kier molecular flexibility index (Phi) is 4.11. The minimum atomic E-state index is 0.372. The molecule has 3 heteroatoms. The van der Waals surface area contributed by atoms with Gasteiger partial charge < -0.3 is 4.57 Å². The fraction of sp³-hybridized carbons (Fsp3) is 0.500. The van der Waals surface area contributed by atoms with Gasteiger partial charge in [-0.2, -0.15) is 0 Å². The zero-order valence-corrected chi connectivity index (χ0v) is 13.2. The van der Waals surface area contributed by atoms with E-state index in [1.54, 1.807) is 0 Å². The summed E-state index contributed by atoms with van der Waals surface area (Å²) in [6.07, 6.45) is 3.99. The maximum Gasteiger partial charge on any atom is 0.127 e. The van der Waals surface area contributed by atoms with Crippen LogP contribution >= 0.6 is 0 Å². The zero-order valence-electron chi connectivity index (χ0n) is 13.2. The third-order valence-corrected chi connectivity index (χ3v) is 4.42. The van der Waals surface area contributed by atoms with Crippen molar-refractivity contribution in [1.29, 1.82) is 0 Å². The summed E-state index contributed by atoms with van der Waals surface area (Å²) >= 11 is 0. The maximum absolute atomic E-state index is 4.92. The molecule has 0 radical (unpaired) electrons. The predicted octanol–water partition coefficient (Wildman–Crippen LogP) is 4.16. The van der Waals surface area contributed by atoms with E-state index in [9.17, 15) is 0 Å². The average Bonchev–Trinajstić information content (AvgIpc) is 2.86. The summed E-state index contributed by atoms with van der Waals surface area (Å²) in [5.74, 6) is 1.18. The van der Waals surface area contributed by atoms with Gasteiger partial charge in [0.05, 0.1) is 17.1 Å². The van der Waals surface area contributed by atoms with Crippen molar-refractivity contribution in [2.24, 2.45) is 0 Å². The topological polar surface area (TPSA) is 21.1 Å². The Morgan fingerprint density at radius 1 is 1.24 bits per heavy atom. The van der Waals surface area contributed by atoms with Gasteiger partial charge in [-0.1, -0.05) is 30.7 Å². The molecular weight excluding hydrogens is 258 g/mol. The molecule has 1 aliphatic rings. The monoisotopic (exact) mass is 283 g/mol. The van der Waals surface area contributed by atoms with E-state index in [2.05, 4.69) is 54.2 Å². The first-order chi connectivity index (χ1) is 10.2. The van der Waals surface area contributed by atoms with Crippen LogP contribution < -0.4 is 0 Å². The number of hydrogen-bond donors (Lipinski definition) is 0. The molecule has 0 N–H and O–H groups in total. The lowest BCUT2D eigenvalue weighted by molar-refractivity contribution is 0.166. The number of allylic oxidation sites excluding steroid dienone is 1. The van der Waals surface area contributed by atoms with E-state index in [-0.39, 0.29) is 0 Å². The lowest BCUT2D eigenvalue weighted by atomic mass is 10.1. The van der Waals surface area contributed by atoms with E-state index in [1.165, 1.54) is 49.3 Å². The van der Waals surface area contributed by atoms with Gasteiger partial charge in [0.2, 0.25) is 0 Å². The van der Waals surface area contributed by atoms with Gasteiger partial charge in [-0.25, -0.2) is 4.98 Å². The van der Waals surface area contributed by atoms with Crippen molar-refractivity contribution >= 4 is 11.0 Å². The molecule has 112 valence electrons. The van der Waals surface area contributed by atoms with Crippen molar-refractivity contribution in [3.63, 3.8) is 0 Å². The Bertz CT molecular complexity index is 635. The van der Waals surface area contributed by atoms with E-state index in [1.807, 2.05) is 0 Å². The number of para-hydroxylation sites is 2. The van der Waals surface area contributed by atoms with Crippen LogP contribution in [0.2, 0.25) is 0 Å². The van der Waals surface area contributed by atoms with Gasteiger partial charge in [0.15, 0.2) is 0 Å². The van der Waals surface area contributed by atoms with E-state index >= 15 is 0 Å². The lowest BCUT2D eigenvalue weighted by Crippen LogP contribution is -2.33. The number of hydrogen-bond acceptors (Lipinski definition) is 2. The van der Waals surface area contributed by atoms with Gasteiger partial charge in [0, 0.05) is 6.54 Å². The van der Waals surface area contributed by atoms with Crippen LogP contribution in [0.25, 0.3) is 11.0 Å². The van der Waals surface area contributed by atoms with Crippen molar-refractivity contribution in [3.8, 4) is 0 Å². The Labute approximate surface area is 127 Å². The van der Waals surface area contributed by atoms with Crippen molar-refractivity contribution in [2.75, 3.05) is 13.1 Å². The van der Waals surface area contributed by atoms with Crippen LogP contribution in [0.3, 0.4) is 0 Å². The number of imidazole rings is 1. The summed E-state index contributed by atoms with van der Waals surface area (Å²) < 4.78 is 2.34. The van der Waals surface area contributed by atoms with Gasteiger partial charge in [0.1, 0.15) is 5.82 Å². The Morgan fingerprint density at radius 2 is 1.95 bits per heavy atom. The lowest BCUT2D eigenvalue weighted by Gasteiger charge is -2.32. The first-order valence-corrected chi connectivity index (χ1v) is 8.00. The summed E-state index contributed by atoms with van der Waals surface area (Å²) in [7, 11) is 0. The molecule has 0 bridgehead atoms. The van der Waals surface area contributed by atoms with Crippen molar-refractivity contribution < 1.29 is 0 Å². The summed E-state index contributed by atoms with van der Waals surface area (Å²) in [5.41, 5.74) is 3.49. The normalized spacial score (nSPS) is 18.0. The average molecular weight is 283 g/mol. The number of fused-ring (bicyclic) bond motifs is 1. The SMILES string of the molecule is C=C(C)Cn1c([C@H](C)N2CCCCC2)nc2ccccc21. The first-order valence-electron chi connectivity index (χ1n) is 8.00. The third-order valence-electron chi connectivity index (χ3n) is 4.42. The first kappa shape index (κ1) is 14.3. The zero-order chi connectivity index (χ0) is 14.8. The van der Waals surface area contributed by atoms with Gasteiger partial charge in [-0.05, 0) is 51.9 Å². The number of aromatic nitrogens is 2. The predicted molar refractivity (Wildman–Crippen MR) is 88.4 cm³/mol. The molecule has 3 nitrogen and oxygen atoms in total. The summed E-state index contributed by atoms with van der Waals surface area (Å²) in [6, 6.07) is 8.80. The van der Waals surface area contributed by atoms with Crippen LogP contribution in [0.4, 0.5) is 0 Å². The van der Waals surface area contributed by atoms with Crippen LogP contribution in [0, 0.1) is 0 Å². The molecule has 0 amide bonds. The molecule has 0 aliphatic carbocycles. The minimum Gasteiger partial charge on any atom is -0.323 e. The van der Waals surface area contributed by atoms with Crippen molar-refractivity contribution in [2.45, 2.75) is 45.7 Å². The second-order valence-electron chi connectivity index (χ2n) is 6.27. The molecule has 0 unspecified atom stereocenters. The molecule has 3 rings (SSSR count). The number of nitrogens with zero attached hydrogens (tertiary/aromatic N) is 3. The number of rotatable bonds is 4. The molecule has 2 aromatic rings. The Morgan fingerprint density at radius 3 is 2.67 bits per heavy atom. The highest BCUT2D eigenvalue weighted by molar-refractivity contribution is 5.76. The highest BCUT2D eigenvalue weighted by atomic mass is 15.2. The highest BCUT2D eigenvalue weighted by Crippen LogP contribution is 2.27. The molecule has 0 saturated carbocycles. The van der Waals surface area contributed by atoms with Crippen LogP contribution in [0.5, 0.6) is 0 Å². The molecule has 1 aromatic heterocycles. The quantitative estimate of drug-likeness (QED) is 0.786. The van der Waals surface area contributed by atoms with Crippen LogP contribution in [0.15, 0.2) is 36.4 Å². The van der Waals surface area contributed by atoms with Gasteiger partial charge in [-0.3, -0.25) is 4.90 Å². The Hall–Kier alpha value is -1.61. The van der Waals surface area contributed by atoms with Gasteiger partial charge in [-0.15, -0.1) is 0 Å². The smallest absolute Gasteiger partial charge is 0.127 e. The summed E-state index contributed by atoms with van der Waals surface area (Å²) in [4.78, 5) is 7.49. The van der Waals surface area contributed by atoms with E-state index in [4.69, 9.17) is 4.98 Å². The number of benzene rings is 1. The van der Waals surface area contributed by atoms with Crippen LogP contribution in [-0.2, 0) is 6.54 Å².